The van der Waals surface area contributed by atoms with Crippen LogP contribution in [0.5, 0.6) is 0 Å². The van der Waals surface area contributed by atoms with E-state index in [1.165, 1.54) is 17.0 Å². The van der Waals surface area contributed by atoms with Gasteiger partial charge in [-0.2, -0.15) is 13.2 Å². The fraction of sp³-hybridized carbons (Fsp3) is 0.467. The van der Waals surface area contributed by atoms with Crippen LogP contribution >= 0.6 is 0 Å². The standard InChI is InChI=1S/C15H17F3N2O3/c16-15(17,18)12-4-2-11(3-5-12)10-20(9-6-13(21)22)14(23)19-7-1-8-19/h2-5H,1,6-10H2,(H,21,22). The van der Waals surface area contributed by atoms with Crippen molar-refractivity contribution in [3.05, 3.63) is 35.4 Å². The number of hydrogen-bond donors (Lipinski definition) is 1. The zero-order valence-electron chi connectivity index (χ0n) is 12.3. The molecule has 126 valence electrons. The molecule has 1 aliphatic heterocycles. The van der Waals surface area contributed by atoms with Gasteiger partial charge >= 0.3 is 18.2 Å². The second kappa shape index (κ2) is 6.89. The summed E-state index contributed by atoms with van der Waals surface area (Å²) in [6.07, 6.45) is -3.71. The van der Waals surface area contributed by atoms with Crippen LogP contribution in [-0.4, -0.2) is 46.5 Å². The van der Waals surface area contributed by atoms with Gasteiger partial charge in [-0.1, -0.05) is 12.1 Å². The molecule has 0 aromatic heterocycles. The number of aliphatic carboxylic acids is 1. The third kappa shape index (κ3) is 4.61. The predicted molar refractivity (Wildman–Crippen MR) is 75.7 cm³/mol. The van der Waals surface area contributed by atoms with Gasteiger partial charge in [-0.25, -0.2) is 4.79 Å². The average molecular weight is 330 g/mol. The number of nitrogens with zero attached hydrogens (tertiary/aromatic N) is 2. The molecule has 1 aromatic rings. The first-order chi connectivity index (χ1) is 10.8. The van der Waals surface area contributed by atoms with E-state index in [2.05, 4.69) is 0 Å². The Labute approximate surface area is 131 Å². The summed E-state index contributed by atoms with van der Waals surface area (Å²) in [5.74, 6) is -1.03. The molecule has 0 aliphatic carbocycles. The van der Waals surface area contributed by atoms with E-state index in [9.17, 15) is 22.8 Å². The second-order valence-electron chi connectivity index (χ2n) is 5.38. The molecule has 2 amide bonds. The summed E-state index contributed by atoms with van der Waals surface area (Å²) in [7, 11) is 0. The minimum atomic E-state index is -4.41. The molecule has 5 nitrogen and oxygen atoms in total. The smallest absolute Gasteiger partial charge is 0.416 e. The van der Waals surface area contributed by atoms with Crippen LogP contribution in [0.4, 0.5) is 18.0 Å². The molecule has 1 heterocycles. The van der Waals surface area contributed by atoms with Crippen LogP contribution in [-0.2, 0) is 17.5 Å². The number of rotatable bonds is 5. The maximum absolute atomic E-state index is 12.5. The van der Waals surface area contributed by atoms with Crippen molar-refractivity contribution in [2.24, 2.45) is 0 Å². The van der Waals surface area contributed by atoms with Gasteiger partial charge in [0, 0.05) is 26.2 Å². The van der Waals surface area contributed by atoms with Crippen molar-refractivity contribution in [3.8, 4) is 0 Å². The highest BCUT2D eigenvalue weighted by Crippen LogP contribution is 2.29. The Morgan fingerprint density at radius 3 is 2.22 bits per heavy atom. The number of halogens is 3. The summed E-state index contributed by atoms with van der Waals surface area (Å²) in [4.78, 5) is 25.9. The van der Waals surface area contributed by atoms with Gasteiger partial charge in [-0.15, -0.1) is 0 Å². The molecule has 1 saturated heterocycles. The van der Waals surface area contributed by atoms with Crippen LogP contribution in [0.25, 0.3) is 0 Å². The van der Waals surface area contributed by atoms with Crippen LogP contribution in [0.3, 0.4) is 0 Å². The van der Waals surface area contributed by atoms with E-state index < -0.39 is 17.7 Å². The number of alkyl halides is 3. The van der Waals surface area contributed by atoms with E-state index in [1.807, 2.05) is 0 Å². The Balaban J connectivity index is 2.06. The summed E-state index contributed by atoms with van der Waals surface area (Å²) in [6.45, 7) is 1.34. The maximum atomic E-state index is 12.5. The van der Waals surface area contributed by atoms with Crippen LogP contribution in [0.2, 0.25) is 0 Å². The summed E-state index contributed by atoms with van der Waals surface area (Å²) < 4.78 is 37.6. The Morgan fingerprint density at radius 2 is 1.78 bits per heavy atom. The molecule has 0 atom stereocenters. The molecule has 0 spiro atoms. The summed E-state index contributed by atoms with van der Waals surface area (Å²) in [6, 6.07) is 4.25. The molecule has 0 unspecified atom stereocenters. The highest BCUT2D eigenvalue weighted by Gasteiger charge is 2.30. The van der Waals surface area contributed by atoms with Crippen LogP contribution < -0.4 is 0 Å². The van der Waals surface area contributed by atoms with Gasteiger partial charge in [0.2, 0.25) is 0 Å². The maximum Gasteiger partial charge on any atom is 0.416 e. The molecule has 23 heavy (non-hydrogen) atoms. The van der Waals surface area contributed by atoms with Crippen LogP contribution in [0.1, 0.15) is 24.0 Å². The lowest BCUT2D eigenvalue weighted by Gasteiger charge is -2.36. The van der Waals surface area contributed by atoms with Crippen LogP contribution in [0, 0.1) is 0 Å². The number of amides is 2. The number of urea groups is 1. The van der Waals surface area contributed by atoms with Crippen molar-refractivity contribution in [3.63, 3.8) is 0 Å². The van der Waals surface area contributed by atoms with Gasteiger partial charge in [-0.3, -0.25) is 4.79 Å². The molecule has 1 N–H and O–H groups in total. The van der Waals surface area contributed by atoms with E-state index >= 15 is 0 Å². The fourth-order valence-electron chi connectivity index (χ4n) is 2.20. The second-order valence-corrected chi connectivity index (χ2v) is 5.38. The summed E-state index contributed by atoms with van der Waals surface area (Å²) in [5.41, 5.74) is -0.232. The molecule has 0 radical (unpaired) electrons. The van der Waals surface area contributed by atoms with Crippen molar-refractivity contribution in [2.75, 3.05) is 19.6 Å². The van der Waals surface area contributed by atoms with E-state index in [4.69, 9.17) is 5.11 Å². The lowest BCUT2D eigenvalue weighted by molar-refractivity contribution is -0.138. The van der Waals surface area contributed by atoms with Crippen molar-refractivity contribution in [1.82, 2.24) is 9.80 Å². The van der Waals surface area contributed by atoms with E-state index in [1.54, 1.807) is 4.90 Å². The molecule has 1 aromatic carbocycles. The lowest BCUT2D eigenvalue weighted by Crippen LogP contribution is -2.49. The normalized spacial score (nSPS) is 14.3. The first-order valence-corrected chi connectivity index (χ1v) is 7.19. The van der Waals surface area contributed by atoms with Gasteiger partial charge in [0.1, 0.15) is 0 Å². The third-order valence-electron chi connectivity index (χ3n) is 3.65. The van der Waals surface area contributed by atoms with Gasteiger partial charge in [0.25, 0.3) is 0 Å². The molecule has 8 heteroatoms. The number of carboxylic acid groups (broad SMARTS) is 1. The van der Waals surface area contributed by atoms with Gasteiger partial charge in [0.05, 0.1) is 12.0 Å². The zero-order chi connectivity index (χ0) is 17.0. The Kier molecular flexibility index (Phi) is 5.12. The van der Waals surface area contributed by atoms with E-state index in [0.717, 1.165) is 18.6 Å². The number of hydrogen-bond acceptors (Lipinski definition) is 2. The average Bonchev–Trinajstić information content (AvgIpc) is 2.40. The van der Waals surface area contributed by atoms with Crippen molar-refractivity contribution in [1.29, 1.82) is 0 Å². The molecule has 0 bridgehead atoms. The lowest BCUT2D eigenvalue weighted by atomic mass is 10.1. The Hall–Kier alpha value is -2.25. The first kappa shape index (κ1) is 17.1. The quantitative estimate of drug-likeness (QED) is 0.903. The van der Waals surface area contributed by atoms with Crippen LogP contribution in [0.15, 0.2) is 24.3 Å². The number of likely N-dealkylation sites (tertiary alicyclic amines) is 1. The fourth-order valence-corrected chi connectivity index (χ4v) is 2.20. The minimum absolute atomic E-state index is 0.0195. The first-order valence-electron chi connectivity index (χ1n) is 7.19. The van der Waals surface area contributed by atoms with Gasteiger partial charge < -0.3 is 14.9 Å². The Bertz CT molecular complexity index is 568. The SMILES string of the molecule is O=C(O)CCN(Cc1ccc(C(F)(F)F)cc1)C(=O)N1CCC1. The van der Waals surface area contributed by atoms with Gasteiger partial charge in [-0.05, 0) is 24.1 Å². The minimum Gasteiger partial charge on any atom is -0.481 e. The molecule has 1 fully saturated rings. The monoisotopic (exact) mass is 330 g/mol. The predicted octanol–water partition coefficient (Wildman–Crippen LogP) is 2.81. The topological polar surface area (TPSA) is 60.9 Å². The zero-order valence-corrected chi connectivity index (χ0v) is 12.3. The molecule has 1 aliphatic rings. The number of carbonyl (C=O) groups excluding carboxylic acids is 1. The summed E-state index contributed by atoms with van der Waals surface area (Å²) >= 11 is 0. The number of carbonyl (C=O) groups is 2. The highest BCUT2D eigenvalue weighted by molar-refractivity contribution is 5.76. The number of benzene rings is 1. The van der Waals surface area contributed by atoms with Crippen molar-refractivity contribution >= 4 is 12.0 Å². The number of carboxylic acids is 1. The van der Waals surface area contributed by atoms with E-state index in [-0.39, 0.29) is 25.5 Å². The van der Waals surface area contributed by atoms with Crippen molar-refractivity contribution in [2.45, 2.75) is 25.6 Å². The Morgan fingerprint density at radius 1 is 1.17 bits per heavy atom. The molecule has 0 saturated carbocycles. The largest absolute Gasteiger partial charge is 0.481 e. The highest BCUT2D eigenvalue weighted by atomic mass is 19.4. The van der Waals surface area contributed by atoms with E-state index in [0.29, 0.717) is 18.7 Å². The van der Waals surface area contributed by atoms with Crippen molar-refractivity contribution < 1.29 is 27.9 Å². The molecular weight excluding hydrogens is 313 g/mol. The van der Waals surface area contributed by atoms with Gasteiger partial charge in [0.15, 0.2) is 0 Å². The molecule has 2 rings (SSSR count). The molecular formula is C15H17F3N2O3. The summed E-state index contributed by atoms with van der Waals surface area (Å²) in [5, 5.41) is 8.77. The third-order valence-corrected chi connectivity index (χ3v) is 3.65.